The molecule has 0 fully saturated rings. The lowest BCUT2D eigenvalue weighted by Gasteiger charge is -2.01. The van der Waals surface area contributed by atoms with Crippen molar-refractivity contribution in [1.82, 2.24) is 4.98 Å². The summed E-state index contributed by atoms with van der Waals surface area (Å²) in [6, 6.07) is 5.64. The van der Waals surface area contributed by atoms with Gasteiger partial charge in [-0.25, -0.2) is 4.79 Å². The lowest BCUT2D eigenvalue weighted by atomic mass is 10.1. The van der Waals surface area contributed by atoms with E-state index < -0.39 is 0 Å². The molecule has 0 atom stereocenters. The number of halogens is 1. The average molecular weight is 268 g/mol. The van der Waals surface area contributed by atoms with E-state index >= 15 is 0 Å². The zero-order valence-corrected chi connectivity index (χ0v) is 10.0. The molecule has 0 bridgehead atoms. The molecule has 0 saturated heterocycles. The highest BCUT2D eigenvalue weighted by molar-refractivity contribution is 9.10. The van der Waals surface area contributed by atoms with Gasteiger partial charge < -0.3 is 9.72 Å². The maximum absolute atomic E-state index is 11.5. The molecule has 0 amide bonds. The van der Waals surface area contributed by atoms with Crippen molar-refractivity contribution < 1.29 is 9.53 Å². The van der Waals surface area contributed by atoms with E-state index in [1.165, 1.54) is 7.11 Å². The predicted molar refractivity (Wildman–Crippen MR) is 62.1 cm³/mol. The molecule has 1 heterocycles. The molecular weight excluding hydrogens is 258 g/mol. The van der Waals surface area contributed by atoms with Gasteiger partial charge in [0.2, 0.25) is 0 Å². The summed E-state index contributed by atoms with van der Waals surface area (Å²) in [7, 11) is 1.38. The van der Waals surface area contributed by atoms with Crippen molar-refractivity contribution in [1.29, 1.82) is 0 Å². The van der Waals surface area contributed by atoms with Gasteiger partial charge in [-0.2, -0.15) is 0 Å². The molecule has 0 radical (unpaired) electrons. The Labute approximate surface area is 95.6 Å². The van der Waals surface area contributed by atoms with Crippen LogP contribution in [0.15, 0.2) is 22.7 Å². The van der Waals surface area contributed by atoms with E-state index in [4.69, 9.17) is 4.74 Å². The Kier molecular flexibility index (Phi) is 2.52. The molecule has 0 aliphatic rings. The monoisotopic (exact) mass is 267 g/mol. The number of aryl methyl sites for hydroxylation is 1. The topological polar surface area (TPSA) is 42.1 Å². The number of fused-ring (bicyclic) bond motifs is 1. The molecule has 4 heteroatoms. The molecule has 3 nitrogen and oxygen atoms in total. The fourth-order valence-electron chi connectivity index (χ4n) is 1.62. The molecule has 0 spiro atoms. The second kappa shape index (κ2) is 3.70. The average Bonchev–Trinajstić information content (AvgIpc) is 2.55. The van der Waals surface area contributed by atoms with Gasteiger partial charge in [0, 0.05) is 21.1 Å². The van der Waals surface area contributed by atoms with Gasteiger partial charge >= 0.3 is 5.97 Å². The first-order valence-corrected chi connectivity index (χ1v) is 5.28. The summed E-state index contributed by atoms with van der Waals surface area (Å²) in [5.74, 6) is -0.319. The van der Waals surface area contributed by atoms with Crippen molar-refractivity contribution in [2.24, 2.45) is 0 Å². The second-order valence-electron chi connectivity index (χ2n) is 3.36. The van der Waals surface area contributed by atoms with Gasteiger partial charge in [-0.15, -0.1) is 0 Å². The van der Waals surface area contributed by atoms with Crippen LogP contribution in [0.1, 0.15) is 16.1 Å². The first-order valence-electron chi connectivity index (χ1n) is 4.49. The molecule has 1 aromatic carbocycles. The van der Waals surface area contributed by atoms with E-state index in [-0.39, 0.29) is 5.97 Å². The van der Waals surface area contributed by atoms with Gasteiger partial charge in [-0.3, -0.25) is 0 Å². The quantitative estimate of drug-likeness (QED) is 0.808. The second-order valence-corrected chi connectivity index (χ2v) is 4.27. The van der Waals surface area contributed by atoms with Gasteiger partial charge in [0.25, 0.3) is 0 Å². The Hall–Kier alpha value is -1.29. The lowest BCUT2D eigenvalue weighted by molar-refractivity contribution is 0.0603. The van der Waals surface area contributed by atoms with E-state index in [2.05, 4.69) is 20.9 Å². The number of hydrogen-bond acceptors (Lipinski definition) is 2. The third-order valence-electron chi connectivity index (χ3n) is 2.24. The molecule has 0 unspecified atom stereocenters. The summed E-state index contributed by atoms with van der Waals surface area (Å²) in [6.45, 7) is 1.95. The first-order chi connectivity index (χ1) is 7.11. The number of ether oxygens (including phenoxy) is 1. The first kappa shape index (κ1) is 10.2. The van der Waals surface area contributed by atoms with Crippen LogP contribution in [0, 0.1) is 6.92 Å². The third kappa shape index (κ3) is 1.77. The number of aromatic amines is 1. The molecule has 15 heavy (non-hydrogen) atoms. The summed E-state index contributed by atoms with van der Waals surface area (Å²) < 4.78 is 5.59. The summed E-state index contributed by atoms with van der Waals surface area (Å²) in [5, 5.41) is 0.891. The SMILES string of the molecule is COC(=O)c1cc(Br)cc2[nH]c(C)cc12. The van der Waals surface area contributed by atoms with E-state index in [9.17, 15) is 4.79 Å². The van der Waals surface area contributed by atoms with E-state index in [1.54, 1.807) is 6.07 Å². The zero-order chi connectivity index (χ0) is 11.0. The Balaban J connectivity index is 2.75. The van der Waals surface area contributed by atoms with Crippen LogP contribution in [-0.4, -0.2) is 18.1 Å². The van der Waals surface area contributed by atoms with Crippen molar-refractivity contribution >= 4 is 32.8 Å². The highest BCUT2D eigenvalue weighted by Crippen LogP contribution is 2.25. The van der Waals surface area contributed by atoms with Crippen molar-refractivity contribution in [3.05, 3.63) is 33.9 Å². The molecule has 1 aromatic heterocycles. The minimum Gasteiger partial charge on any atom is -0.465 e. The normalized spacial score (nSPS) is 10.6. The molecule has 1 N–H and O–H groups in total. The van der Waals surface area contributed by atoms with Crippen LogP contribution in [-0.2, 0) is 4.74 Å². The number of carbonyl (C=O) groups excluding carboxylic acids is 1. The number of hydrogen-bond donors (Lipinski definition) is 1. The molecule has 78 valence electrons. The van der Waals surface area contributed by atoms with Crippen molar-refractivity contribution in [2.45, 2.75) is 6.92 Å². The van der Waals surface area contributed by atoms with Crippen LogP contribution in [0.3, 0.4) is 0 Å². The van der Waals surface area contributed by atoms with Crippen molar-refractivity contribution in [3.8, 4) is 0 Å². The van der Waals surface area contributed by atoms with Crippen LogP contribution < -0.4 is 0 Å². The number of carbonyl (C=O) groups is 1. The van der Waals surface area contributed by atoms with E-state index in [0.29, 0.717) is 5.56 Å². The zero-order valence-electron chi connectivity index (χ0n) is 8.43. The van der Waals surface area contributed by atoms with Gasteiger partial charge in [-0.05, 0) is 25.1 Å². The molecule has 0 aliphatic heterocycles. The highest BCUT2D eigenvalue weighted by Gasteiger charge is 2.12. The smallest absolute Gasteiger partial charge is 0.338 e. The number of rotatable bonds is 1. The molecule has 0 saturated carbocycles. The van der Waals surface area contributed by atoms with Crippen LogP contribution in [0.2, 0.25) is 0 Å². The van der Waals surface area contributed by atoms with E-state index in [1.807, 2.05) is 19.1 Å². The molecular formula is C11H10BrNO2. The lowest BCUT2D eigenvalue weighted by Crippen LogP contribution is -2.01. The molecule has 2 rings (SSSR count). The summed E-state index contributed by atoms with van der Waals surface area (Å²) >= 11 is 3.36. The summed E-state index contributed by atoms with van der Waals surface area (Å²) in [5.41, 5.74) is 2.53. The minimum absolute atomic E-state index is 0.319. The van der Waals surface area contributed by atoms with Gasteiger partial charge in [-0.1, -0.05) is 15.9 Å². The number of methoxy groups -OCH3 is 1. The molecule has 0 aliphatic carbocycles. The van der Waals surface area contributed by atoms with Gasteiger partial charge in [0.15, 0.2) is 0 Å². The standard InChI is InChI=1S/C11H10BrNO2/c1-6-3-8-9(11(14)15-2)4-7(12)5-10(8)13-6/h3-5,13H,1-2H3. The molecule has 2 aromatic rings. The fraction of sp³-hybridized carbons (Fsp3) is 0.182. The fourth-order valence-corrected chi connectivity index (χ4v) is 2.08. The number of esters is 1. The van der Waals surface area contributed by atoms with Gasteiger partial charge in [0.1, 0.15) is 0 Å². The maximum atomic E-state index is 11.5. The maximum Gasteiger partial charge on any atom is 0.338 e. The van der Waals surface area contributed by atoms with Crippen LogP contribution >= 0.6 is 15.9 Å². The van der Waals surface area contributed by atoms with Crippen LogP contribution in [0.25, 0.3) is 10.9 Å². The van der Waals surface area contributed by atoms with Crippen LogP contribution in [0.4, 0.5) is 0 Å². The number of benzene rings is 1. The highest BCUT2D eigenvalue weighted by atomic mass is 79.9. The third-order valence-corrected chi connectivity index (χ3v) is 2.70. The van der Waals surface area contributed by atoms with Crippen molar-refractivity contribution in [3.63, 3.8) is 0 Å². The summed E-state index contributed by atoms with van der Waals surface area (Å²) in [6.07, 6.45) is 0. The van der Waals surface area contributed by atoms with Gasteiger partial charge in [0.05, 0.1) is 12.7 Å². The summed E-state index contributed by atoms with van der Waals surface area (Å²) in [4.78, 5) is 14.7. The Morgan fingerprint density at radius 2 is 2.13 bits per heavy atom. The number of aromatic nitrogens is 1. The number of H-pyrrole nitrogens is 1. The Morgan fingerprint density at radius 3 is 2.80 bits per heavy atom. The largest absolute Gasteiger partial charge is 0.465 e. The Morgan fingerprint density at radius 1 is 1.40 bits per heavy atom. The predicted octanol–water partition coefficient (Wildman–Crippen LogP) is 3.03. The van der Waals surface area contributed by atoms with Crippen LogP contribution in [0.5, 0.6) is 0 Å². The Bertz CT molecular complexity index is 531. The number of nitrogens with one attached hydrogen (secondary N) is 1. The van der Waals surface area contributed by atoms with E-state index in [0.717, 1.165) is 21.1 Å². The van der Waals surface area contributed by atoms with Crippen molar-refractivity contribution in [2.75, 3.05) is 7.11 Å². The minimum atomic E-state index is -0.319.